The van der Waals surface area contributed by atoms with Gasteiger partial charge in [-0.05, 0) is 18.3 Å². The summed E-state index contributed by atoms with van der Waals surface area (Å²) in [6.45, 7) is 6.19. The highest BCUT2D eigenvalue weighted by Crippen LogP contribution is 2.62. The van der Waals surface area contributed by atoms with Crippen LogP contribution in [0.25, 0.3) is 0 Å². The molecule has 3 heteroatoms. The van der Waals surface area contributed by atoms with Gasteiger partial charge in [0.05, 0.1) is 0 Å². The van der Waals surface area contributed by atoms with Crippen LogP contribution in [0.15, 0.2) is 5.16 Å². The zero-order valence-electron chi connectivity index (χ0n) is 8.29. The van der Waals surface area contributed by atoms with Crippen molar-refractivity contribution in [3.8, 4) is 0 Å². The molecule has 0 radical (unpaired) electrons. The highest BCUT2D eigenvalue weighted by Gasteiger charge is 2.65. The minimum absolute atomic E-state index is 0.0361. The van der Waals surface area contributed by atoms with Crippen molar-refractivity contribution in [1.82, 2.24) is 0 Å². The highest BCUT2D eigenvalue weighted by atomic mass is 16.4. The second-order valence-electron chi connectivity index (χ2n) is 4.96. The number of nitrogens with zero attached hydrogens (tertiary/aromatic N) is 1. The van der Waals surface area contributed by atoms with Crippen molar-refractivity contribution in [2.24, 2.45) is 21.9 Å². The van der Waals surface area contributed by atoms with E-state index in [0.717, 1.165) is 12.8 Å². The Hall–Kier alpha value is -0.860. The van der Waals surface area contributed by atoms with Gasteiger partial charge in [-0.2, -0.15) is 0 Å². The van der Waals surface area contributed by atoms with Crippen LogP contribution < -0.4 is 0 Å². The van der Waals surface area contributed by atoms with Gasteiger partial charge in [0.1, 0.15) is 5.71 Å². The Balaban J connectivity index is 2.57. The minimum Gasteiger partial charge on any atom is -0.411 e. The number of oxime groups is 1. The van der Waals surface area contributed by atoms with E-state index in [4.69, 9.17) is 5.21 Å². The summed E-state index contributed by atoms with van der Waals surface area (Å²) in [6, 6.07) is 0. The number of carbonyl (C=O) groups is 1. The molecule has 13 heavy (non-hydrogen) atoms. The van der Waals surface area contributed by atoms with Crippen molar-refractivity contribution in [3.05, 3.63) is 0 Å². The van der Waals surface area contributed by atoms with Crippen LogP contribution in [-0.4, -0.2) is 16.7 Å². The Morgan fingerprint density at radius 3 is 2.38 bits per heavy atom. The lowest BCUT2D eigenvalue weighted by molar-refractivity contribution is -0.123. The van der Waals surface area contributed by atoms with E-state index in [2.05, 4.69) is 19.0 Å². The summed E-state index contributed by atoms with van der Waals surface area (Å²) in [7, 11) is 0. The smallest absolute Gasteiger partial charge is 0.187 e. The molecular weight excluding hydrogens is 166 g/mol. The molecule has 2 fully saturated rings. The Kier molecular flexibility index (Phi) is 1.44. The third-order valence-corrected chi connectivity index (χ3v) is 4.40. The van der Waals surface area contributed by atoms with Crippen LogP contribution in [0, 0.1) is 16.7 Å². The molecule has 0 heterocycles. The molecule has 0 aliphatic heterocycles. The largest absolute Gasteiger partial charge is 0.411 e. The van der Waals surface area contributed by atoms with Crippen molar-refractivity contribution in [3.63, 3.8) is 0 Å². The lowest BCUT2D eigenvalue weighted by Crippen LogP contribution is -2.33. The summed E-state index contributed by atoms with van der Waals surface area (Å²) in [4.78, 5) is 11.8. The minimum atomic E-state index is -0.292. The maximum absolute atomic E-state index is 11.8. The molecule has 0 aromatic rings. The van der Waals surface area contributed by atoms with Gasteiger partial charge in [0, 0.05) is 11.3 Å². The molecular formula is C10H15NO2. The molecule has 2 atom stereocenters. The molecule has 2 aliphatic carbocycles. The lowest BCUT2D eigenvalue weighted by atomic mass is 9.70. The van der Waals surface area contributed by atoms with E-state index in [0.29, 0.717) is 5.71 Å². The second-order valence-corrected chi connectivity index (χ2v) is 4.96. The van der Waals surface area contributed by atoms with Gasteiger partial charge in [0.25, 0.3) is 0 Å². The monoisotopic (exact) mass is 181 g/mol. The maximum Gasteiger partial charge on any atom is 0.187 e. The van der Waals surface area contributed by atoms with Gasteiger partial charge in [0.2, 0.25) is 0 Å². The average molecular weight is 181 g/mol. The first-order valence-electron chi connectivity index (χ1n) is 4.72. The second kappa shape index (κ2) is 2.14. The van der Waals surface area contributed by atoms with E-state index in [1.807, 2.05) is 6.92 Å². The van der Waals surface area contributed by atoms with Crippen LogP contribution in [0.5, 0.6) is 0 Å². The number of ketones is 1. The van der Waals surface area contributed by atoms with Gasteiger partial charge in [0.15, 0.2) is 5.78 Å². The van der Waals surface area contributed by atoms with E-state index in [-0.39, 0.29) is 22.5 Å². The summed E-state index contributed by atoms with van der Waals surface area (Å²) >= 11 is 0. The Labute approximate surface area is 77.8 Å². The number of Topliss-reactive ketones (excluding diaryl/α,β-unsaturated/α-hetero) is 1. The fraction of sp³-hybridized carbons (Fsp3) is 0.800. The molecule has 0 spiro atoms. The van der Waals surface area contributed by atoms with Crippen LogP contribution in [0.4, 0.5) is 0 Å². The molecule has 72 valence electrons. The van der Waals surface area contributed by atoms with Crippen molar-refractivity contribution in [1.29, 1.82) is 0 Å². The first-order valence-corrected chi connectivity index (χ1v) is 4.72. The molecule has 2 rings (SSSR count). The number of rotatable bonds is 0. The predicted molar refractivity (Wildman–Crippen MR) is 48.8 cm³/mol. The number of hydrogen-bond donors (Lipinski definition) is 1. The standard InChI is InChI=1S/C10H15NO2/c1-9(2)6-4-5-10(9,3)8(12)7(6)11-13/h6,13H,4-5H2,1-3H3/b11-7-. The first kappa shape index (κ1) is 8.73. The molecule has 2 saturated carbocycles. The predicted octanol–water partition coefficient (Wildman–Crippen LogP) is 1.84. The van der Waals surface area contributed by atoms with Gasteiger partial charge >= 0.3 is 0 Å². The lowest BCUT2D eigenvalue weighted by Gasteiger charge is -2.31. The normalized spacial score (nSPS) is 44.7. The fourth-order valence-electron chi connectivity index (χ4n) is 2.94. The third-order valence-electron chi connectivity index (χ3n) is 4.40. The van der Waals surface area contributed by atoms with E-state index in [1.54, 1.807) is 0 Å². The maximum atomic E-state index is 11.8. The number of fused-ring (bicyclic) bond motifs is 2. The Bertz CT molecular complexity index is 306. The molecule has 0 amide bonds. The number of hydrogen-bond acceptors (Lipinski definition) is 3. The van der Waals surface area contributed by atoms with Gasteiger partial charge in [-0.15, -0.1) is 0 Å². The van der Waals surface area contributed by atoms with Gasteiger partial charge in [-0.25, -0.2) is 0 Å². The average Bonchev–Trinajstić information content (AvgIpc) is 2.36. The highest BCUT2D eigenvalue weighted by molar-refractivity contribution is 6.45. The van der Waals surface area contributed by atoms with Crippen LogP contribution in [0.3, 0.4) is 0 Å². The SMILES string of the molecule is CC12CCC(/C(=N/O)C1=O)C2(C)C. The van der Waals surface area contributed by atoms with Crippen molar-refractivity contribution < 1.29 is 10.0 Å². The molecule has 0 aromatic heterocycles. The summed E-state index contributed by atoms with van der Waals surface area (Å²) in [5, 5.41) is 11.9. The van der Waals surface area contributed by atoms with E-state index in [1.165, 1.54) is 0 Å². The molecule has 2 unspecified atom stereocenters. The summed E-state index contributed by atoms with van der Waals surface area (Å²) < 4.78 is 0. The molecule has 2 aliphatic rings. The van der Waals surface area contributed by atoms with Gasteiger partial charge < -0.3 is 5.21 Å². The molecule has 0 aromatic carbocycles. The van der Waals surface area contributed by atoms with Crippen molar-refractivity contribution in [2.45, 2.75) is 33.6 Å². The summed E-state index contributed by atoms with van der Waals surface area (Å²) in [5.74, 6) is 0.214. The molecule has 3 nitrogen and oxygen atoms in total. The summed E-state index contributed by atoms with van der Waals surface area (Å²) in [6.07, 6.45) is 1.91. The molecule has 2 bridgehead atoms. The Morgan fingerprint density at radius 2 is 2.08 bits per heavy atom. The van der Waals surface area contributed by atoms with Crippen LogP contribution in [0.2, 0.25) is 0 Å². The van der Waals surface area contributed by atoms with Gasteiger partial charge in [-0.1, -0.05) is 25.9 Å². The van der Waals surface area contributed by atoms with E-state index < -0.39 is 0 Å². The van der Waals surface area contributed by atoms with Crippen molar-refractivity contribution in [2.75, 3.05) is 0 Å². The summed E-state index contributed by atoms with van der Waals surface area (Å²) in [5.41, 5.74) is 0.0731. The number of carbonyl (C=O) groups excluding carboxylic acids is 1. The van der Waals surface area contributed by atoms with Crippen molar-refractivity contribution >= 4 is 11.5 Å². The molecule has 0 saturated heterocycles. The third kappa shape index (κ3) is 0.713. The molecule has 1 N–H and O–H groups in total. The van der Waals surface area contributed by atoms with Gasteiger partial charge in [-0.3, -0.25) is 4.79 Å². The zero-order chi connectivity index (χ0) is 9.85. The first-order chi connectivity index (χ1) is 5.95. The quantitative estimate of drug-likeness (QED) is 0.458. The van der Waals surface area contributed by atoms with E-state index >= 15 is 0 Å². The fourth-order valence-corrected chi connectivity index (χ4v) is 2.94. The topological polar surface area (TPSA) is 49.7 Å². The van der Waals surface area contributed by atoms with E-state index in [9.17, 15) is 4.79 Å². The Morgan fingerprint density at radius 1 is 1.46 bits per heavy atom. The zero-order valence-corrected chi connectivity index (χ0v) is 8.29. The van der Waals surface area contributed by atoms with Crippen LogP contribution in [-0.2, 0) is 4.79 Å². The van der Waals surface area contributed by atoms with Crippen LogP contribution in [0.1, 0.15) is 33.6 Å². The van der Waals surface area contributed by atoms with Crippen LogP contribution >= 0.6 is 0 Å².